The van der Waals surface area contributed by atoms with Crippen molar-refractivity contribution in [3.63, 3.8) is 0 Å². The maximum atomic E-state index is 12.9. The van der Waals surface area contributed by atoms with E-state index in [9.17, 15) is 9.59 Å². The monoisotopic (exact) mass is 383 g/mol. The summed E-state index contributed by atoms with van der Waals surface area (Å²) in [4.78, 5) is 25.8. The maximum Gasteiger partial charge on any atom is 0.259 e. The van der Waals surface area contributed by atoms with E-state index in [0.29, 0.717) is 16.9 Å². The normalized spacial score (nSPS) is 13.8. The maximum absolute atomic E-state index is 12.9. The first kappa shape index (κ1) is 16.2. The Hall–Kier alpha value is -3.80. The SMILES string of the molecule is COc1ccc2c(c1)c1c3c(c4c5ccccc5n(C)c4c1n2C)C(=O)NC3=O. The van der Waals surface area contributed by atoms with Gasteiger partial charge in [-0.05, 0) is 24.3 Å². The summed E-state index contributed by atoms with van der Waals surface area (Å²) in [6.45, 7) is 0. The largest absolute Gasteiger partial charge is 0.497 e. The molecule has 3 aromatic carbocycles. The lowest BCUT2D eigenvalue weighted by Gasteiger charge is -2.07. The molecule has 6 nitrogen and oxygen atoms in total. The molecule has 0 saturated heterocycles. The van der Waals surface area contributed by atoms with Gasteiger partial charge in [-0.2, -0.15) is 0 Å². The van der Waals surface area contributed by atoms with Crippen LogP contribution in [-0.4, -0.2) is 28.1 Å². The molecule has 6 rings (SSSR count). The number of ether oxygens (including phenoxy) is 1. The number of para-hydroxylation sites is 1. The van der Waals surface area contributed by atoms with Crippen molar-refractivity contribution in [2.24, 2.45) is 14.1 Å². The van der Waals surface area contributed by atoms with Crippen LogP contribution in [0.3, 0.4) is 0 Å². The summed E-state index contributed by atoms with van der Waals surface area (Å²) in [6, 6.07) is 13.8. The topological polar surface area (TPSA) is 65.3 Å². The minimum Gasteiger partial charge on any atom is -0.497 e. The highest BCUT2D eigenvalue weighted by molar-refractivity contribution is 6.39. The predicted molar refractivity (Wildman–Crippen MR) is 113 cm³/mol. The van der Waals surface area contributed by atoms with Crippen LogP contribution in [0.2, 0.25) is 0 Å². The van der Waals surface area contributed by atoms with Crippen LogP contribution in [0, 0.1) is 0 Å². The van der Waals surface area contributed by atoms with Crippen LogP contribution in [0.4, 0.5) is 0 Å². The molecule has 29 heavy (non-hydrogen) atoms. The molecule has 1 aliphatic rings. The second-order valence-electron chi connectivity index (χ2n) is 7.50. The zero-order valence-corrected chi connectivity index (χ0v) is 16.2. The number of imide groups is 1. The van der Waals surface area contributed by atoms with Crippen molar-refractivity contribution >= 4 is 55.4 Å². The molecular formula is C23H17N3O3. The van der Waals surface area contributed by atoms with E-state index < -0.39 is 0 Å². The van der Waals surface area contributed by atoms with E-state index in [1.165, 1.54) is 0 Å². The van der Waals surface area contributed by atoms with Crippen molar-refractivity contribution in [3.8, 4) is 5.75 Å². The number of aromatic nitrogens is 2. The molecule has 5 aromatic rings. The lowest BCUT2D eigenvalue weighted by Crippen LogP contribution is -2.20. The zero-order valence-electron chi connectivity index (χ0n) is 16.2. The van der Waals surface area contributed by atoms with Crippen LogP contribution in [0.1, 0.15) is 20.7 Å². The summed E-state index contributed by atoms with van der Waals surface area (Å²) in [5, 5.41) is 6.00. The van der Waals surface area contributed by atoms with E-state index in [1.54, 1.807) is 7.11 Å². The van der Waals surface area contributed by atoms with Gasteiger partial charge in [0.15, 0.2) is 0 Å². The zero-order chi connectivity index (χ0) is 20.0. The van der Waals surface area contributed by atoms with Gasteiger partial charge in [0.05, 0.1) is 29.3 Å². The van der Waals surface area contributed by atoms with Crippen LogP contribution in [0.5, 0.6) is 5.75 Å². The van der Waals surface area contributed by atoms with Gasteiger partial charge >= 0.3 is 0 Å². The first-order chi connectivity index (χ1) is 14.0. The van der Waals surface area contributed by atoms with Crippen LogP contribution in [-0.2, 0) is 14.1 Å². The first-order valence-electron chi connectivity index (χ1n) is 9.37. The molecule has 2 amide bonds. The van der Waals surface area contributed by atoms with E-state index in [2.05, 4.69) is 14.5 Å². The molecule has 1 aliphatic heterocycles. The van der Waals surface area contributed by atoms with Crippen LogP contribution in [0.15, 0.2) is 42.5 Å². The number of hydrogen-bond acceptors (Lipinski definition) is 3. The molecule has 1 N–H and O–H groups in total. The number of fused-ring (bicyclic) bond motifs is 10. The number of aryl methyl sites for hydroxylation is 2. The fourth-order valence-electron chi connectivity index (χ4n) is 4.94. The Labute approximate surface area is 165 Å². The number of rotatable bonds is 1. The minimum absolute atomic E-state index is 0.340. The second kappa shape index (κ2) is 5.17. The van der Waals surface area contributed by atoms with Crippen molar-refractivity contribution in [2.45, 2.75) is 0 Å². The van der Waals surface area contributed by atoms with E-state index in [0.717, 1.165) is 43.6 Å². The van der Waals surface area contributed by atoms with Gasteiger partial charge in [-0.1, -0.05) is 18.2 Å². The highest BCUT2D eigenvalue weighted by atomic mass is 16.5. The van der Waals surface area contributed by atoms with E-state index >= 15 is 0 Å². The fraction of sp³-hybridized carbons (Fsp3) is 0.130. The average Bonchev–Trinajstić information content (AvgIpc) is 3.30. The molecule has 0 radical (unpaired) electrons. The third-order valence-electron chi connectivity index (χ3n) is 6.17. The first-order valence-corrected chi connectivity index (χ1v) is 9.37. The predicted octanol–water partition coefficient (Wildman–Crippen LogP) is 3.87. The molecule has 0 bridgehead atoms. The van der Waals surface area contributed by atoms with E-state index in [1.807, 2.05) is 56.6 Å². The van der Waals surface area contributed by atoms with Gasteiger partial charge in [0.1, 0.15) is 5.75 Å². The number of nitrogens with one attached hydrogen (secondary N) is 1. The van der Waals surface area contributed by atoms with Crippen molar-refractivity contribution in [1.82, 2.24) is 14.5 Å². The van der Waals surface area contributed by atoms with Crippen molar-refractivity contribution in [1.29, 1.82) is 0 Å². The quantitative estimate of drug-likeness (QED) is 0.447. The molecule has 0 fully saturated rings. The lowest BCUT2D eigenvalue weighted by molar-refractivity contribution is 0.0880. The number of benzene rings is 3. The smallest absolute Gasteiger partial charge is 0.259 e. The highest BCUT2D eigenvalue weighted by Gasteiger charge is 2.36. The lowest BCUT2D eigenvalue weighted by atomic mass is 9.96. The van der Waals surface area contributed by atoms with Crippen molar-refractivity contribution < 1.29 is 14.3 Å². The second-order valence-corrected chi connectivity index (χ2v) is 7.50. The number of nitrogens with zero attached hydrogens (tertiary/aromatic N) is 2. The van der Waals surface area contributed by atoms with Crippen molar-refractivity contribution in [2.75, 3.05) is 7.11 Å². The Morgan fingerprint density at radius 1 is 0.793 bits per heavy atom. The van der Waals surface area contributed by atoms with Gasteiger partial charge in [0, 0.05) is 46.7 Å². The van der Waals surface area contributed by atoms with Gasteiger partial charge in [0.25, 0.3) is 11.8 Å². The summed E-state index contributed by atoms with van der Waals surface area (Å²) >= 11 is 0. The number of amides is 2. The molecule has 0 atom stereocenters. The van der Waals surface area contributed by atoms with Crippen LogP contribution < -0.4 is 10.1 Å². The molecule has 0 unspecified atom stereocenters. The molecule has 0 saturated carbocycles. The number of hydrogen-bond donors (Lipinski definition) is 1. The van der Waals surface area contributed by atoms with Gasteiger partial charge in [0.2, 0.25) is 0 Å². The highest BCUT2D eigenvalue weighted by Crippen LogP contribution is 2.44. The third kappa shape index (κ3) is 1.77. The number of carbonyl (C=O) groups is 2. The van der Waals surface area contributed by atoms with Gasteiger partial charge in [-0.3, -0.25) is 14.9 Å². The Morgan fingerprint density at radius 3 is 2.03 bits per heavy atom. The van der Waals surface area contributed by atoms with E-state index in [4.69, 9.17) is 4.74 Å². The van der Waals surface area contributed by atoms with Crippen LogP contribution in [0.25, 0.3) is 43.6 Å². The number of methoxy groups -OCH3 is 1. The van der Waals surface area contributed by atoms with Crippen molar-refractivity contribution in [3.05, 3.63) is 53.6 Å². The average molecular weight is 383 g/mol. The molecule has 6 heteroatoms. The number of carbonyl (C=O) groups excluding carboxylic acids is 2. The Kier molecular flexibility index (Phi) is 2.88. The Morgan fingerprint density at radius 2 is 1.38 bits per heavy atom. The summed E-state index contributed by atoms with van der Waals surface area (Å²) in [5.74, 6) is 0.0222. The van der Waals surface area contributed by atoms with Gasteiger partial charge < -0.3 is 13.9 Å². The third-order valence-corrected chi connectivity index (χ3v) is 6.17. The van der Waals surface area contributed by atoms with E-state index in [-0.39, 0.29) is 11.8 Å². The standard InChI is InChI=1S/C23H17N3O3/c1-25-14-7-5-4-6-12(14)16-18-19(23(28)24-22(18)27)17-13-10-11(29-3)8-9-15(13)26(2)21(17)20(16)25/h4-10H,1-3H3,(H,24,27,28). The Balaban J connectivity index is 2.04. The molecule has 3 heterocycles. The minimum atomic E-state index is -0.347. The fourth-order valence-corrected chi connectivity index (χ4v) is 4.94. The summed E-state index contributed by atoms with van der Waals surface area (Å²) in [6.07, 6.45) is 0. The Bertz CT molecular complexity index is 1570. The molecular weight excluding hydrogens is 366 g/mol. The molecule has 142 valence electrons. The summed E-state index contributed by atoms with van der Waals surface area (Å²) in [5.41, 5.74) is 4.80. The molecule has 2 aromatic heterocycles. The molecule has 0 aliphatic carbocycles. The van der Waals surface area contributed by atoms with Gasteiger partial charge in [-0.25, -0.2) is 0 Å². The van der Waals surface area contributed by atoms with Crippen LogP contribution >= 0.6 is 0 Å². The van der Waals surface area contributed by atoms with Gasteiger partial charge in [-0.15, -0.1) is 0 Å². The molecule has 0 spiro atoms. The summed E-state index contributed by atoms with van der Waals surface area (Å²) < 4.78 is 9.63. The summed E-state index contributed by atoms with van der Waals surface area (Å²) in [7, 11) is 5.62.